The average Bonchev–Trinajstić information content (AvgIpc) is 2.98. The van der Waals surface area contributed by atoms with Gasteiger partial charge in [-0.15, -0.1) is 0 Å². The lowest BCUT2D eigenvalue weighted by atomic mass is 10.0. The normalized spacial score (nSPS) is 24.7. The van der Waals surface area contributed by atoms with Crippen LogP contribution in [0.2, 0.25) is 0 Å². The third-order valence-corrected chi connectivity index (χ3v) is 3.62. The van der Waals surface area contributed by atoms with Gasteiger partial charge in [-0.1, -0.05) is 0 Å². The van der Waals surface area contributed by atoms with Crippen LogP contribution in [0.3, 0.4) is 0 Å². The highest BCUT2D eigenvalue weighted by molar-refractivity contribution is 5.04. The summed E-state index contributed by atoms with van der Waals surface area (Å²) in [7, 11) is 0. The summed E-state index contributed by atoms with van der Waals surface area (Å²) in [6, 6.07) is 0. The van der Waals surface area contributed by atoms with E-state index in [1.165, 1.54) is 51.6 Å². The molecule has 2 rings (SSSR count). The van der Waals surface area contributed by atoms with Gasteiger partial charge in [0.2, 0.25) is 0 Å². The van der Waals surface area contributed by atoms with E-state index in [0.717, 1.165) is 17.9 Å². The molecule has 2 saturated carbocycles. The molecule has 13 heavy (non-hydrogen) atoms. The zero-order valence-corrected chi connectivity index (χ0v) is 8.52. The Hall–Kier alpha value is -0.0800. The molecule has 0 amide bonds. The van der Waals surface area contributed by atoms with Crippen LogP contribution in [0.1, 0.15) is 38.5 Å². The summed E-state index contributed by atoms with van der Waals surface area (Å²) in [4.78, 5) is 0. The van der Waals surface area contributed by atoms with Crippen LogP contribution in [-0.2, 0) is 0 Å². The standard InChI is InChI=1S/C11H22N2/c12-7-1-2-8-13-9-11(5-6-11)10-3-4-10/h10,13H,1-9,12H2. The van der Waals surface area contributed by atoms with Gasteiger partial charge in [0.25, 0.3) is 0 Å². The summed E-state index contributed by atoms with van der Waals surface area (Å²) in [5.74, 6) is 1.09. The molecule has 0 aromatic carbocycles. The average molecular weight is 182 g/mol. The van der Waals surface area contributed by atoms with Gasteiger partial charge in [-0.3, -0.25) is 0 Å². The van der Waals surface area contributed by atoms with Gasteiger partial charge in [-0.25, -0.2) is 0 Å². The second kappa shape index (κ2) is 3.97. The van der Waals surface area contributed by atoms with E-state index < -0.39 is 0 Å². The molecule has 2 nitrogen and oxygen atoms in total. The Labute approximate surface area is 81.3 Å². The first-order valence-electron chi connectivity index (χ1n) is 5.78. The van der Waals surface area contributed by atoms with Gasteiger partial charge in [0.15, 0.2) is 0 Å². The Bertz CT molecular complexity index is 159. The topological polar surface area (TPSA) is 38.0 Å². The zero-order chi connectivity index (χ0) is 9.15. The van der Waals surface area contributed by atoms with Crippen molar-refractivity contribution >= 4 is 0 Å². The summed E-state index contributed by atoms with van der Waals surface area (Å²) in [5.41, 5.74) is 6.21. The highest BCUT2D eigenvalue weighted by Crippen LogP contribution is 2.60. The molecule has 76 valence electrons. The quantitative estimate of drug-likeness (QED) is 0.586. The molecule has 0 radical (unpaired) electrons. The van der Waals surface area contributed by atoms with Crippen LogP contribution in [0, 0.1) is 11.3 Å². The molecule has 0 aromatic rings. The molecule has 2 fully saturated rings. The van der Waals surface area contributed by atoms with Crippen LogP contribution in [0.5, 0.6) is 0 Å². The van der Waals surface area contributed by atoms with Gasteiger partial charge in [-0.05, 0) is 62.9 Å². The number of nitrogens with two attached hydrogens (primary N) is 1. The summed E-state index contributed by atoms with van der Waals surface area (Å²) in [5, 5.41) is 3.59. The van der Waals surface area contributed by atoms with Gasteiger partial charge >= 0.3 is 0 Å². The molecule has 2 heteroatoms. The van der Waals surface area contributed by atoms with Crippen molar-refractivity contribution in [3.05, 3.63) is 0 Å². The maximum atomic E-state index is 5.44. The molecule has 0 unspecified atom stereocenters. The molecule has 0 atom stereocenters. The van der Waals surface area contributed by atoms with E-state index in [1.54, 1.807) is 0 Å². The first-order valence-corrected chi connectivity index (χ1v) is 5.78. The highest BCUT2D eigenvalue weighted by atomic mass is 14.9. The van der Waals surface area contributed by atoms with Crippen molar-refractivity contribution in [2.45, 2.75) is 38.5 Å². The molecule has 0 spiro atoms. The molecular formula is C11H22N2. The van der Waals surface area contributed by atoms with Crippen LogP contribution >= 0.6 is 0 Å². The predicted octanol–water partition coefficient (Wildman–Crippen LogP) is 1.51. The van der Waals surface area contributed by atoms with Gasteiger partial charge in [0.05, 0.1) is 0 Å². The van der Waals surface area contributed by atoms with Crippen molar-refractivity contribution in [3.63, 3.8) is 0 Å². The van der Waals surface area contributed by atoms with Crippen molar-refractivity contribution in [2.75, 3.05) is 19.6 Å². The van der Waals surface area contributed by atoms with Crippen molar-refractivity contribution in [2.24, 2.45) is 17.1 Å². The maximum Gasteiger partial charge on any atom is 0.00105 e. The first-order chi connectivity index (χ1) is 6.37. The summed E-state index contributed by atoms with van der Waals surface area (Å²) in [6.07, 6.45) is 8.40. The van der Waals surface area contributed by atoms with Crippen LogP contribution in [0.25, 0.3) is 0 Å². The molecular weight excluding hydrogens is 160 g/mol. The van der Waals surface area contributed by atoms with Crippen molar-refractivity contribution < 1.29 is 0 Å². The van der Waals surface area contributed by atoms with E-state index in [0.29, 0.717) is 0 Å². The third-order valence-electron chi connectivity index (χ3n) is 3.62. The minimum absolute atomic E-state index is 0.767. The van der Waals surface area contributed by atoms with Crippen molar-refractivity contribution in [1.29, 1.82) is 0 Å². The van der Waals surface area contributed by atoms with Crippen LogP contribution in [0.15, 0.2) is 0 Å². The second-order valence-corrected chi connectivity index (χ2v) is 4.81. The number of unbranched alkanes of at least 4 members (excludes halogenated alkanes) is 1. The molecule has 0 aromatic heterocycles. The van der Waals surface area contributed by atoms with E-state index in [4.69, 9.17) is 5.73 Å². The SMILES string of the molecule is NCCCCNCC1(C2CC2)CC1. The Balaban J connectivity index is 1.52. The number of nitrogens with one attached hydrogen (secondary N) is 1. The predicted molar refractivity (Wildman–Crippen MR) is 55.5 cm³/mol. The van der Waals surface area contributed by atoms with E-state index in [2.05, 4.69) is 5.32 Å². The van der Waals surface area contributed by atoms with Crippen LogP contribution < -0.4 is 11.1 Å². The largest absolute Gasteiger partial charge is 0.330 e. The zero-order valence-electron chi connectivity index (χ0n) is 8.52. The minimum atomic E-state index is 0.767. The Kier molecular flexibility index (Phi) is 2.89. The maximum absolute atomic E-state index is 5.44. The lowest BCUT2D eigenvalue weighted by molar-refractivity contribution is 0.402. The van der Waals surface area contributed by atoms with Gasteiger partial charge in [0.1, 0.15) is 0 Å². The van der Waals surface area contributed by atoms with Crippen molar-refractivity contribution in [1.82, 2.24) is 5.32 Å². The van der Waals surface area contributed by atoms with E-state index in [1.807, 2.05) is 0 Å². The van der Waals surface area contributed by atoms with Crippen LogP contribution in [0.4, 0.5) is 0 Å². The second-order valence-electron chi connectivity index (χ2n) is 4.81. The van der Waals surface area contributed by atoms with Gasteiger partial charge in [0, 0.05) is 6.54 Å². The van der Waals surface area contributed by atoms with E-state index in [-0.39, 0.29) is 0 Å². The fourth-order valence-corrected chi connectivity index (χ4v) is 2.32. The van der Waals surface area contributed by atoms with E-state index >= 15 is 0 Å². The molecule has 2 aliphatic rings. The molecule has 2 aliphatic carbocycles. The molecule has 0 heterocycles. The summed E-state index contributed by atoms with van der Waals surface area (Å²) in [6.45, 7) is 3.29. The number of hydrogen-bond acceptors (Lipinski definition) is 2. The van der Waals surface area contributed by atoms with E-state index in [9.17, 15) is 0 Å². The first kappa shape index (κ1) is 9.47. The molecule has 0 saturated heterocycles. The number of rotatable bonds is 7. The van der Waals surface area contributed by atoms with Gasteiger partial charge in [-0.2, -0.15) is 0 Å². The lowest BCUT2D eigenvalue weighted by Crippen LogP contribution is -2.26. The Morgan fingerprint density at radius 3 is 2.54 bits per heavy atom. The number of hydrogen-bond donors (Lipinski definition) is 2. The molecule has 0 aliphatic heterocycles. The fraction of sp³-hybridized carbons (Fsp3) is 1.00. The Morgan fingerprint density at radius 2 is 2.00 bits per heavy atom. The third kappa shape index (κ3) is 2.44. The molecule has 3 N–H and O–H groups in total. The Morgan fingerprint density at radius 1 is 1.23 bits per heavy atom. The van der Waals surface area contributed by atoms with Gasteiger partial charge < -0.3 is 11.1 Å². The molecule has 0 bridgehead atoms. The smallest absolute Gasteiger partial charge is 0.00105 e. The fourth-order valence-electron chi connectivity index (χ4n) is 2.32. The minimum Gasteiger partial charge on any atom is -0.330 e. The summed E-state index contributed by atoms with van der Waals surface area (Å²) >= 11 is 0. The van der Waals surface area contributed by atoms with Crippen LogP contribution in [-0.4, -0.2) is 19.6 Å². The highest BCUT2D eigenvalue weighted by Gasteiger charge is 2.52. The van der Waals surface area contributed by atoms with Crippen molar-refractivity contribution in [3.8, 4) is 0 Å². The lowest BCUT2D eigenvalue weighted by Gasteiger charge is -2.14. The monoisotopic (exact) mass is 182 g/mol. The summed E-state index contributed by atoms with van der Waals surface area (Å²) < 4.78 is 0.